The molecule has 0 aliphatic carbocycles. The number of nitrogens with one attached hydrogen (secondary N) is 3. The minimum absolute atomic E-state index is 0. The molecule has 7 heteroatoms. The standard InChI is InChI=1S/C22H32N6.HI/c1-6-19-18(20(7-2)28(5)27-19)14-26-22(23-4)24-12-11-16-13-25-21-15(3)9-8-10-17(16)21;/h8-10,13,25H,6-7,11-12,14H2,1-5H3,(H2,23,24,26);1H. The summed E-state index contributed by atoms with van der Waals surface area (Å²) < 4.78 is 2.00. The van der Waals surface area contributed by atoms with Crippen LogP contribution in [0.2, 0.25) is 0 Å². The zero-order valence-corrected chi connectivity index (χ0v) is 20.4. The van der Waals surface area contributed by atoms with Crippen LogP contribution in [0.1, 0.15) is 41.9 Å². The SMILES string of the molecule is CCc1nn(C)c(CC)c1CNC(=NC)NCCc1c[nH]c2c(C)cccc12.I. The number of hydrogen-bond acceptors (Lipinski definition) is 2. The number of aromatic amines is 1. The third-order valence-electron chi connectivity index (χ3n) is 5.38. The fourth-order valence-corrected chi connectivity index (χ4v) is 3.87. The highest BCUT2D eigenvalue weighted by atomic mass is 127. The Morgan fingerprint density at radius 2 is 2.00 bits per heavy atom. The van der Waals surface area contributed by atoms with Gasteiger partial charge in [-0.2, -0.15) is 5.10 Å². The minimum atomic E-state index is 0. The Balaban J connectivity index is 0.00000300. The molecule has 0 amide bonds. The van der Waals surface area contributed by atoms with Crippen LogP contribution in [0.25, 0.3) is 10.9 Å². The molecule has 2 aromatic heterocycles. The number of aryl methyl sites for hydroxylation is 3. The van der Waals surface area contributed by atoms with Gasteiger partial charge in [-0.25, -0.2) is 0 Å². The summed E-state index contributed by atoms with van der Waals surface area (Å²) in [5, 5.41) is 12.8. The van der Waals surface area contributed by atoms with Crippen LogP contribution in [-0.4, -0.2) is 34.3 Å². The number of aliphatic imine (C=N–C) groups is 1. The van der Waals surface area contributed by atoms with Gasteiger partial charge in [0.25, 0.3) is 0 Å². The second-order valence-electron chi connectivity index (χ2n) is 7.12. The van der Waals surface area contributed by atoms with Crippen molar-refractivity contribution in [2.45, 2.75) is 46.6 Å². The van der Waals surface area contributed by atoms with Gasteiger partial charge in [0.05, 0.1) is 5.69 Å². The highest BCUT2D eigenvalue weighted by molar-refractivity contribution is 14.0. The normalized spacial score (nSPS) is 11.6. The molecule has 0 aliphatic rings. The molecule has 0 bridgehead atoms. The van der Waals surface area contributed by atoms with E-state index < -0.39 is 0 Å². The van der Waals surface area contributed by atoms with Gasteiger partial charge in [-0.15, -0.1) is 24.0 Å². The number of rotatable bonds is 7. The second kappa shape index (κ2) is 10.7. The van der Waals surface area contributed by atoms with Crippen LogP contribution >= 0.6 is 24.0 Å². The predicted molar refractivity (Wildman–Crippen MR) is 132 cm³/mol. The van der Waals surface area contributed by atoms with Crippen LogP contribution in [0.4, 0.5) is 0 Å². The number of para-hydroxylation sites is 1. The van der Waals surface area contributed by atoms with Gasteiger partial charge < -0.3 is 15.6 Å². The molecule has 0 saturated carbocycles. The Labute approximate surface area is 190 Å². The number of hydrogen-bond donors (Lipinski definition) is 3. The molecule has 0 spiro atoms. The maximum absolute atomic E-state index is 4.65. The molecule has 2 heterocycles. The summed E-state index contributed by atoms with van der Waals surface area (Å²) in [7, 11) is 3.84. The van der Waals surface area contributed by atoms with E-state index in [0.717, 1.165) is 44.0 Å². The van der Waals surface area contributed by atoms with Crippen LogP contribution < -0.4 is 10.6 Å². The molecule has 0 aliphatic heterocycles. The third kappa shape index (κ3) is 5.12. The number of fused-ring (bicyclic) bond motifs is 1. The average Bonchev–Trinajstić information content (AvgIpc) is 3.25. The van der Waals surface area contributed by atoms with Gasteiger partial charge in [0.15, 0.2) is 5.96 Å². The van der Waals surface area contributed by atoms with E-state index in [1.807, 2.05) is 18.8 Å². The molecule has 3 N–H and O–H groups in total. The van der Waals surface area contributed by atoms with E-state index in [1.54, 1.807) is 0 Å². The fourth-order valence-electron chi connectivity index (χ4n) is 3.87. The first kappa shape index (κ1) is 23.3. The van der Waals surface area contributed by atoms with Gasteiger partial charge in [-0.3, -0.25) is 9.67 Å². The summed E-state index contributed by atoms with van der Waals surface area (Å²) in [6.07, 6.45) is 4.98. The molecular formula is C22H33IN6. The summed E-state index contributed by atoms with van der Waals surface area (Å²) in [5.41, 5.74) is 7.59. The Bertz CT molecular complexity index is 969. The molecule has 1 aromatic carbocycles. The number of aromatic nitrogens is 3. The summed E-state index contributed by atoms with van der Waals surface area (Å²) in [5.74, 6) is 0.823. The van der Waals surface area contributed by atoms with Gasteiger partial charge in [0.1, 0.15) is 0 Å². The van der Waals surface area contributed by atoms with Gasteiger partial charge in [0.2, 0.25) is 0 Å². The van der Waals surface area contributed by atoms with Gasteiger partial charge in [-0.05, 0) is 37.3 Å². The van der Waals surface area contributed by atoms with Crippen LogP contribution in [0.15, 0.2) is 29.4 Å². The summed E-state index contributed by atoms with van der Waals surface area (Å²) in [6, 6.07) is 6.44. The molecule has 29 heavy (non-hydrogen) atoms. The Morgan fingerprint density at radius 1 is 1.21 bits per heavy atom. The minimum Gasteiger partial charge on any atom is -0.361 e. The van der Waals surface area contributed by atoms with Crippen molar-refractivity contribution < 1.29 is 0 Å². The molecule has 6 nitrogen and oxygen atoms in total. The highest BCUT2D eigenvalue weighted by Crippen LogP contribution is 2.21. The number of guanidine groups is 1. The van der Waals surface area contributed by atoms with Crippen LogP contribution in [0.5, 0.6) is 0 Å². The molecule has 0 saturated heterocycles. The smallest absolute Gasteiger partial charge is 0.191 e. The van der Waals surface area contributed by atoms with E-state index in [4.69, 9.17) is 0 Å². The first-order valence-corrected chi connectivity index (χ1v) is 10.1. The molecule has 3 rings (SSSR count). The van der Waals surface area contributed by atoms with E-state index in [1.165, 1.54) is 33.3 Å². The van der Waals surface area contributed by atoms with Crippen molar-refractivity contribution in [3.05, 3.63) is 52.5 Å². The van der Waals surface area contributed by atoms with Gasteiger partial charge in [-0.1, -0.05) is 32.0 Å². The summed E-state index contributed by atoms with van der Waals surface area (Å²) >= 11 is 0. The average molecular weight is 508 g/mol. The number of H-pyrrole nitrogens is 1. The molecule has 3 aromatic rings. The van der Waals surface area contributed by atoms with E-state index in [-0.39, 0.29) is 24.0 Å². The van der Waals surface area contributed by atoms with Crippen molar-refractivity contribution in [2.75, 3.05) is 13.6 Å². The predicted octanol–water partition coefficient (Wildman–Crippen LogP) is 3.86. The molecule has 158 valence electrons. The maximum atomic E-state index is 4.65. The number of halogens is 1. The lowest BCUT2D eigenvalue weighted by molar-refractivity contribution is 0.702. The Hall–Kier alpha value is -2.03. The largest absolute Gasteiger partial charge is 0.361 e. The number of benzene rings is 1. The van der Waals surface area contributed by atoms with Crippen LogP contribution in [0, 0.1) is 6.92 Å². The lowest BCUT2D eigenvalue weighted by atomic mass is 10.1. The van der Waals surface area contributed by atoms with E-state index in [9.17, 15) is 0 Å². The first-order valence-electron chi connectivity index (χ1n) is 10.1. The molecule has 0 radical (unpaired) electrons. The van der Waals surface area contributed by atoms with Crippen molar-refractivity contribution in [3.63, 3.8) is 0 Å². The van der Waals surface area contributed by atoms with Crippen molar-refractivity contribution >= 4 is 40.8 Å². The topological polar surface area (TPSA) is 70.0 Å². The van der Waals surface area contributed by atoms with Gasteiger partial charge >= 0.3 is 0 Å². The Morgan fingerprint density at radius 3 is 2.69 bits per heavy atom. The molecule has 0 atom stereocenters. The maximum Gasteiger partial charge on any atom is 0.191 e. The molecular weight excluding hydrogens is 475 g/mol. The quantitative estimate of drug-likeness (QED) is 0.258. The zero-order chi connectivity index (χ0) is 20.1. The van der Waals surface area contributed by atoms with Crippen LogP contribution in [0.3, 0.4) is 0 Å². The number of nitrogens with zero attached hydrogens (tertiary/aromatic N) is 3. The lowest BCUT2D eigenvalue weighted by Gasteiger charge is -2.13. The van der Waals surface area contributed by atoms with E-state index >= 15 is 0 Å². The first-order chi connectivity index (χ1) is 13.6. The summed E-state index contributed by atoms with van der Waals surface area (Å²) in [4.78, 5) is 7.78. The van der Waals surface area contributed by atoms with Crippen molar-refractivity contribution in [1.29, 1.82) is 0 Å². The third-order valence-corrected chi connectivity index (χ3v) is 5.38. The van der Waals surface area contributed by atoms with Crippen molar-refractivity contribution in [1.82, 2.24) is 25.4 Å². The monoisotopic (exact) mass is 508 g/mol. The van der Waals surface area contributed by atoms with Crippen LogP contribution in [-0.2, 0) is 32.9 Å². The molecule has 0 unspecified atom stereocenters. The highest BCUT2D eigenvalue weighted by Gasteiger charge is 2.14. The zero-order valence-electron chi connectivity index (χ0n) is 18.1. The Kier molecular flexibility index (Phi) is 8.55. The van der Waals surface area contributed by atoms with Crippen molar-refractivity contribution in [2.24, 2.45) is 12.0 Å². The van der Waals surface area contributed by atoms with E-state index in [0.29, 0.717) is 0 Å². The van der Waals surface area contributed by atoms with E-state index in [2.05, 4.69) is 70.9 Å². The molecule has 0 fully saturated rings. The van der Waals surface area contributed by atoms with Gasteiger partial charge in [0, 0.05) is 55.5 Å². The second-order valence-corrected chi connectivity index (χ2v) is 7.12. The fraction of sp³-hybridized carbons (Fsp3) is 0.455. The van der Waals surface area contributed by atoms with Crippen molar-refractivity contribution in [3.8, 4) is 0 Å². The summed E-state index contributed by atoms with van der Waals surface area (Å²) in [6.45, 7) is 8.04. The lowest BCUT2D eigenvalue weighted by Crippen LogP contribution is -2.38.